The Morgan fingerprint density at radius 1 is 1.19 bits per heavy atom. The summed E-state index contributed by atoms with van der Waals surface area (Å²) in [5, 5.41) is 6.93. The summed E-state index contributed by atoms with van der Waals surface area (Å²) < 4.78 is 0. The van der Waals surface area contributed by atoms with Crippen LogP contribution in [0.2, 0.25) is 0 Å². The van der Waals surface area contributed by atoms with Crippen molar-refractivity contribution >= 4 is 28.4 Å². The molecule has 2 bridgehead atoms. The number of nitrogens with zero attached hydrogens (tertiary/aromatic N) is 2. The SMILES string of the molecule is CC(=O)NCC(=O)NC1[C@@H]2CC[C@H]1CN(c1cc(C)nc3ccccc13)C2. The molecule has 6 heteroatoms. The average Bonchev–Trinajstić information content (AvgIpc) is 2.87. The maximum Gasteiger partial charge on any atom is 0.239 e. The van der Waals surface area contributed by atoms with Crippen LogP contribution in [0.1, 0.15) is 25.5 Å². The van der Waals surface area contributed by atoms with E-state index in [0.29, 0.717) is 11.8 Å². The van der Waals surface area contributed by atoms with Crippen molar-refractivity contribution in [2.75, 3.05) is 24.5 Å². The minimum Gasteiger partial charge on any atom is -0.370 e. The van der Waals surface area contributed by atoms with Crippen molar-refractivity contribution in [2.24, 2.45) is 11.8 Å². The molecule has 1 aromatic carbocycles. The van der Waals surface area contributed by atoms with Crippen molar-refractivity contribution in [3.8, 4) is 0 Å². The molecule has 4 rings (SSSR count). The first-order valence-corrected chi connectivity index (χ1v) is 9.66. The van der Waals surface area contributed by atoms with Crippen molar-refractivity contribution in [3.63, 3.8) is 0 Å². The lowest BCUT2D eigenvalue weighted by Gasteiger charge is -2.40. The number of nitrogens with one attached hydrogen (secondary N) is 2. The molecule has 142 valence electrons. The molecule has 1 saturated heterocycles. The molecule has 1 saturated carbocycles. The van der Waals surface area contributed by atoms with Gasteiger partial charge in [-0.3, -0.25) is 14.6 Å². The summed E-state index contributed by atoms with van der Waals surface area (Å²) in [4.78, 5) is 30.3. The molecule has 2 amide bonds. The monoisotopic (exact) mass is 366 g/mol. The molecule has 6 nitrogen and oxygen atoms in total. The second-order valence-corrected chi connectivity index (χ2v) is 7.81. The predicted molar refractivity (Wildman–Crippen MR) is 106 cm³/mol. The van der Waals surface area contributed by atoms with Gasteiger partial charge in [-0.2, -0.15) is 0 Å². The Kier molecular flexibility index (Phi) is 4.72. The van der Waals surface area contributed by atoms with E-state index in [1.807, 2.05) is 13.0 Å². The molecule has 0 radical (unpaired) electrons. The number of hydrogen-bond donors (Lipinski definition) is 2. The van der Waals surface area contributed by atoms with Gasteiger partial charge < -0.3 is 15.5 Å². The topological polar surface area (TPSA) is 74.3 Å². The Hall–Kier alpha value is -2.63. The number of carbonyl (C=O) groups is 2. The molecule has 2 N–H and O–H groups in total. The number of pyridine rings is 1. The van der Waals surface area contributed by atoms with Gasteiger partial charge in [-0.1, -0.05) is 18.2 Å². The molecule has 2 heterocycles. The normalized spacial score (nSPS) is 24.1. The average molecular weight is 366 g/mol. The fourth-order valence-electron chi connectivity index (χ4n) is 4.64. The van der Waals surface area contributed by atoms with E-state index in [4.69, 9.17) is 0 Å². The zero-order valence-corrected chi connectivity index (χ0v) is 15.9. The van der Waals surface area contributed by atoms with Crippen LogP contribution in [0.3, 0.4) is 0 Å². The zero-order valence-electron chi connectivity index (χ0n) is 15.9. The number of amides is 2. The summed E-state index contributed by atoms with van der Waals surface area (Å²) in [5.74, 6) is 0.614. The fourth-order valence-corrected chi connectivity index (χ4v) is 4.64. The van der Waals surface area contributed by atoms with E-state index < -0.39 is 0 Å². The fraction of sp³-hybridized carbons (Fsp3) is 0.476. The number of anilines is 1. The van der Waals surface area contributed by atoms with Crippen LogP contribution in [-0.4, -0.2) is 42.5 Å². The second-order valence-electron chi connectivity index (χ2n) is 7.81. The summed E-state index contributed by atoms with van der Waals surface area (Å²) in [6, 6.07) is 10.7. The van der Waals surface area contributed by atoms with Gasteiger partial charge in [0, 0.05) is 42.8 Å². The molecule has 1 unspecified atom stereocenters. The maximum absolute atomic E-state index is 12.2. The minimum atomic E-state index is -0.178. The Bertz CT molecular complexity index is 868. The highest BCUT2D eigenvalue weighted by molar-refractivity contribution is 5.92. The van der Waals surface area contributed by atoms with Gasteiger partial charge in [-0.05, 0) is 43.7 Å². The third-order valence-electron chi connectivity index (χ3n) is 5.82. The van der Waals surface area contributed by atoms with Gasteiger partial charge in [0.1, 0.15) is 0 Å². The van der Waals surface area contributed by atoms with Gasteiger partial charge in [0.2, 0.25) is 11.8 Å². The minimum absolute atomic E-state index is 0.0587. The third-order valence-corrected chi connectivity index (χ3v) is 5.82. The smallest absolute Gasteiger partial charge is 0.239 e. The molecule has 3 atom stereocenters. The van der Waals surface area contributed by atoms with Gasteiger partial charge in [0.05, 0.1) is 12.1 Å². The molecule has 27 heavy (non-hydrogen) atoms. The van der Waals surface area contributed by atoms with E-state index in [0.717, 1.165) is 37.1 Å². The van der Waals surface area contributed by atoms with Crippen LogP contribution in [0.5, 0.6) is 0 Å². The first-order chi connectivity index (χ1) is 13.0. The van der Waals surface area contributed by atoms with Crippen molar-refractivity contribution in [2.45, 2.75) is 32.7 Å². The number of aromatic nitrogens is 1. The summed E-state index contributed by atoms with van der Waals surface area (Å²) in [7, 11) is 0. The second kappa shape index (κ2) is 7.18. The van der Waals surface area contributed by atoms with Crippen molar-refractivity contribution < 1.29 is 9.59 Å². The molecular formula is C21H26N4O2. The Morgan fingerprint density at radius 2 is 1.89 bits per heavy atom. The Balaban J connectivity index is 1.51. The van der Waals surface area contributed by atoms with E-state index >= 15 is 0 Å². The van der Waals surface area contributed by atoms with Crippen LogP contribution in [0.25, 0.3) is 10.9 Å². The standard InChI is InChI=1S/C21H26N4O2/c1-13-9-19(17-5-3-4-6-18(17)23-13)25-11-15-7-8-16(12-25)21(15)24-20(27)10-22-14(2)26/h3-6,9,15-16,21H,7-8,10-12H2,1-2H3,(H,22,26)(H,24,27)/t15-,16+,21?. The van der Waals surface area contributed by atoms with Crippen molar-refractivity contribution in [1.82, 2.24) is 15.6 Å². The predicted octanol–water partition coefficient (Wildman–Crippen LogP) is 2.01. The number of hydrogen-bond acceptors (Lipinski definition) is 4. The summed E-state index contributed by atoms with van der Waals surface area (Å²) >= 11 is 0. The molecule has 2 fully saturated rings. The molecule has 1 aliphatic carbocycles. The van der Waals surface area contributed by atoms with E-state index in [9.17, 15) is 9.59 Å². The number of benzene rings is 1. The van der Waals surface area contributed by atoms with E-state index in [2.05, 4.69) is 44.8 Å². The highest BCUT2D eigenvalue weighted by Gasteiger charge is 2.43. The van der Waals surface area contributed by atoms with Crippen LogP contribution in [0, 0.1) is 18.8 Å². The molecule has 0 spiro atoms. The number of aryl methyl sites for hydroxylation is 1. The molecule has 1 aromatic heterocycles. The molecule has 1 aliphatic heterocycles. The lowest BCUT2D eigenvalue weighted by molar-refractivity contribution is -0.125. The molecule has 2 aromatic rings. The maximum atomic E-state index is 12.2. The van der Waals surface area contributed by atoms with Crippen LogP contribution in [0.15, 0.2) is 30.3 Å². The highest BCUT2D eigenvalue weighted by Crippen LogP contribution is 2.40. The summed E-state index contributed by atoms with van der Waals surface area (Å²) in [5.41, 5.74) is 3.31. The van der Waals surface area contributed by atoms with Gasteiger partial charge in [0.25, 0.3) is 0 Å². The van der Waals surface area contributed by atoms with E-state index in [1.165, 1.54) is 18.0 Å². The number of fused-ring (bicyclic) bond motifs is 3. The molecular weight excluding hydrogens is 340 g/mol. The van der Waals surface area contributed by atoms with Crippen LogP contribution < -0.4 is 15.5 Å². The summed E-state index contributed by atoms with van der Waals surface area (Å²) in [6.07, 6.45) is 2.27. The lowest BCUT2D eigenvalue weighted by Crippen LogP contribution is -2.54. The number of rotatable bonds is 4. The van der Waals surface area contributed by atoms with Crippen LogP contribution in [-0.2, 0) is 9.59 Å². The third kappa shape index (κ3) is 3.61. The van der Waals surface area contributed by atoms with E-state index in [-0.39, 0.29) is 24.4 Å². The molecule has 2 aliphatic rings. The summed E-state index contributed by atoms with van der Waals surface area (Å²) in [6.45, 7) is 5.41. The van der Waals surface area contributed by atoms with Crippen LogP contribution in [0.4, 0.5) is 5.69 Å². The van der Waals surface area contributed by atoms with Gasteiger partial charge in [-0.15, -0.1) is 0 Å². The quantitative estimate of drug-likeness (QED) is 0.868. The first-order valence-electron chi connectivity index (χ1n) is 9.66. The van der Waals surface area contributed by atoms with Crippen LogP contribution >= 0.6 is 0 Å². The van der Waals surface area contributed by atoms with E-state index in [1.54, 1.807) is 0 Å². The Morgan fingerprint density at radius 3 is 2.59 bits per heavy atom. The van der Waals surface area contributed by atoms with Crippen molar-refractivity contribution in [3.05, 3.63) is 36.0 Å². The van der Waals surface area contributed by atoms with Gasteiger partial charge in [-0.25, -0.2) is 0 Å². The van der Waals surface area contributed by atoms with Crippen molar-refractivity contribution in [1.29, 1.82) is 0 Å². The number of carbonyl (C=O) groups excluding carboxylic acids is 2. The van der Waals surface area contributed by atoms with Gasteiger partial charge >= 0.3 is 0 Å². The number of piperidine rings is 1. The lowest BCUT2D eigenvalue weighted by atomic mass is 9.91. The Labute approximate surface area is 159 Å². The first kappa shape index (κ1) is 17.8. The van der Waals surface area contributed by atoms with Gasteiger partial charge in [0.15, 0.2) is 0 Å². The largest absolute Gasteiger partial charge is 0.370 e. The number of para-hydroxylation sites is 1. The highest BCUT2D eigenvalue weighted by atomic mass is 16.2. The zero-order chi connectivity index (χ0) is 19.0.